The number of carbonyl (C=O) groups excluding carboxylic acids is 2. The highest BCUT2D eigenvalue weighted by molar-refractivity contribution is 7.47. The highest BCUT2D eigenvalue weighted by atomic mass is 31.2. The molecule has 1 N–H and O–H groups in total. The van der Waals surface area contributed by atoms with Crippen molar-refractivity contribution < 1.29 is 42.1 Å². The van der Waals surface area contributed by atoms with Crippen molar-refractivity contribution in [1.82, 2.24) is 0 Å². The molecule has 0 aromatic heterocycles. The zero-order chi connectivity index (χ0) is 59.1. The molecule has 0 aliphatic carbocycles. The molecule has 0 saturated carbocycles. The maximum absolute atomic E-state index is 12.9. The van der Waals surface area contributed by atoms with Gasteiger partial charge in [0.25, 0.3) is 0 Å². The molecule has 10 heteroatoms. The van der Waals surface area contributed by atoms with Gasteiger partial charge in [-0.2, -0.15) is 0 Å². The molecule has 0 saturated heterocycles. The average Bonchev–Trinajstić information content (AvgIpc) is 3.43. The summed E-state index contributed by atoms with van der Waals surface area (Å²) in [5.74, 6) is -0.772. The van der Waals surface area contributed by atoms with Crippen LogP contribution in [0.25, 0.3) is 0 Å². The summed E-state index contributed by atoms with van der Waals surface area (Å²) in [6, 6.07) is 0. The van der Waals surface area contributed by atoms with Gasteiger partial charge in [-0.25, -0.2) is 4.57 Å². The van der Waals surface area contributed by atoms with Gasteiger partial charge in [0.05, 0.1) is 27.7 Å². The Morgan fingerprint density at radius 1 is 0.383 bits per heavy atom. The second-order valence-electron chi connectivity index (χ2n) is 25.6. The Morgan fingerprint density at radius 2 is 0.667 bits per heavy atom. The lowest BCUT2D eigenvalue weighted by atomic mass is 10.0. The number of carbonyl (C=O) groups is 2. The largest absolute Gasteiger partial charge is 0.472 e. The molecule has 0 aromatic rings. The Balaban J connectivity index is 3.97. The molecule has 0 fully saturated rings. The summed E-state index contributed by atoms with van der Waals surface area (Å²) in [4.78, 5) is 35.9. The Kier molecular flexibility index (Phi) is 61.8. The first-order valence-electron chi connectivity index (χ1n) is 35.6. The molecular weight excluding hydrogens is 1030 g/mol. The smallest absolute Gasteiger partial charge is 0.462 e. The van der Waals surface area contributed by atoms with Crippen LogP contribution in [-0.4, -0.2) is 74.9 Å². The van der Waals surface area contributed by atoms with Gasteiger partial charge in [0.15, 0.2) is 6.10 Å². The van der Waals surface area contributed by atoms with E-state index in [0.717, 1.165) is 38.5 Å². The molecule has 0 aromatic carbocycles. The summed E-state index contributed by atoms with van der Waals surface area (Å²) in [5.41, 5.74) is 0. The van der Waals surface area contributed by atoms with Crippen LogP contribution in [0.1, 0.15) is 367 Å². The Labute approximate surface area is 504 Å². The van der Waals surface area contributed by atoms with Crippen molar-refractivity contribution in [2.24, 2.45) is 0 Å². The summed E-state index contributed by atoms with van der Waals surface area (Å²) in [6.45, 7) is 4.50. The van der Waals surface area contributed by atoms with Gasteiger partial charge in [-0.15, -0.1) is 0 Å². The number of phosphoric acid groups is 1. The summed E-state index contributed by atoms with van der Waals surface area (Å²) < 4.78 is 34.7. The number of allylic oxidation sites excluding steroid dienone is 4. The molecular formula is C71H139NO8P+. The number of hydrogen-bond acceptors (Lipinski definition) is 7. The summed E-state index contributed by atoms with van der Waals surface area (Å²) >= 11 is 0. The minimum absolute atomic E-state index is 0.0360. The summed E-state index contributed by atoms with van der Waals surface area (Å²) in [5, 5.41) is 0. The van der Waals surface area contributed by atoms with Crippen LogP contribution in [0.3, 0.4) is 0 Å². The number of nitrogens with zero attached hydrogens (tertiary/aromatic N) is 1. The van der Waals surface area contributed by atoms with E-state index in [1.807, 2.05) is 21.1 Å². The second-order valence-corrected chi connectivity index (χ2v) is 27.1. The Hall–Kier alpha value is -1.51. The number of hydrogen-bond donors (Lipinski definition) is 1. The number of rotatable bonds is 67. The van der Waals surface area contributed by atoms with Crippen molar-refractivity contribution in [3.8, 4) is 0 Å². The molecule has 0 amide bonds. The average molecular weight is 1170 g/mol. The second kappa shape index (κ2) is 63.0. The number of likely N-dealkylation sites (N-methyl/N-ethyl adjacent to an activating group) is 1. The minimum atomic E-state index is -4.39. The van der Waals surface area contributed by atoms with Crippen LogP contribution in [0.5, 0.6) is 0 Å². The SMILES string of the molecule is CCCCCCC/C=C\C/C=C\CCCCCCCCCCCCCCCCCCCCCCCC(=O)OC(COC(=O)CCCCCCCCCCCCCCCCCCCCCCCCCC)COP(=O)(O)OCC[N+](C)(C)C. The standard InChI is InChI=1S/C71H138NO8P/c1-6-8-10-12-14-16-18-20-22-24-26-28-30-32-33-34-35-36-37-38-39-40-42-44-46-48-50-52-54-56-58-60-62-64-71(74)80-69(68-79-81(75,76)78-66-65-72(3,4)5)67-77-70(73)63-61-59-57-55-53-51-49-47-45-43-41-31-29-27-25-23-21-19-17-15-13-11-9-7-2/h18,20,24,26,69H,6-17,19,21-23,25,27-68H2,1-5H3/p+1/b20-18-,26-24-. The maximum atomic E-state index is 12.9. The van der Waals surface area contributed by atoms with Gasteiger partial charge >= 0.3 is 19.8 Å². The normalized spacial score (nSPS) is 13.2. The van der Waals surface area contributed by atoms with Crippen LogP contribution in [0.2, 0.25) is 0 Å². The van der Waals surface area contributed by atoms with Crippen LogP contribution in [0.4, 0.5) is 0 Å². The van der Waals surface area contributed by atoms with E-state index >= 15 is 0 Å². The fourth-order valence-electron chi connectivity index (χ4n) is 10.8. The molecule has 480 valence electrons. The van der Waals surface area contributed by atoms with E-state index in [1.54, 1.807) is 0 Å². The highest BCUT2D eigenvalue weighted by Crippen LogP contribution is 2.43. The fraction of sp³-hybridized carbons (Fsp3) is 0.915. The molecule has 0 spiro atoms. The Morgan fingerprint density at radius 3 is 0.975 bits per heavy atom. The molecule has 0 aliphatic rings. The number of ether oxygens (including phenoxy) is 2. The lowest BCUT2D eigenvalue weighted by Crippen LogP contribution is -2.37. The topological polar surface area (TPSA) is 108 Å². The van der Waals surface area contributed by atoms with E-state index in [-0.39, 0.29) is 25.6 Å². The minimum Gasteiger partial charge on any atom is -0.462 e. The number of quaternary nitrogens is 1. The zero-order valence-corrected chi connectivity index (χ0v) is 55.7. The van der Waals surface area contributed by atoms with E-state index in [2.05, 4.69) is 38.2 Å². The number of esters is 2. The lowest BCUT2D eigenvalue weighted by molar-refractivity contribution is -0.870. The predicted molar refractivity (Wildman–Crippen MR) is 349 cm³/mol. The van der Waals surface area contributed by atoms with Crippen LogP contribution in [-0.2, 0) is 32.7 Å². The van der Waals surface area contributed by atoms with Crippen molar-refractivity contribution in [3.05, 3.63) is 24.3 Å². The molecule has 0 bridgehead atoms. The first-order chi connectivity index (χ1) is 39.5. The van der Waals surface area contributed by atoms with Gasteiger partial charge in [-0.05, 0) is 44.9 Å². The zero-order valence-electron chi connectivity index (χ0n) is 54.8. The molecule has 2 atom stereocenters. The monoisotopic (exact) mass is 1170 g/mol. The van der Waals surface area contributed by atoms with Gasteiger partial charge in [0, 0.05) is 12.8 Å². The summed E-state index contributed by atoms with van der Waals surface area (Å²) in [6.07, 6.45) is 78.6. The number of unbranched alkanes of at least 4 members (excludes halogenated alkanes) is 49. The third-order valence-corrected chi connectivity index (χ3v) is 17.2. The van der Waals surface area contributed by atoms with Crippen molar-refractivity contribution in [3.63, 3.8) is 0 Å². The van der Waals surface area contributed by atoms with E-state index in [1.165, 1.54) is 295 Å². The van der Waals surface area contributed by atoms with Crippen molar-refractivity contribution in [2.45, 2.75) is 373 Å². The van der Waals surface area contributed by atoms with Crippen LogP contribution < -0.4 is 0 Å². The first kappa shape index (κ1) is 79.5. The van der Waals surface area contributed by atoms with Gasteiger partial charge in [-0.3, -0.25) is 18.6 Å². The highest BCUT2D eigenvalue weighted by Gasteiger charge is 2.27. The fourth-order valence-corrected chi connectivity index (χ4v) is 11.5. The molecule has 0 heterocycles. The van der Waals surface area contributed by atoms with E-state index in [9.17, 15) is 19.0 Å². The molecule has 0 aliphatic heterocycles. The van der Waals surface area contributed by atoms with Gasteiger partial charge in [0.2, 0.25) is 0 Å². The quantitative estimate of drug-likeness (QED) is 0.0211. The third kappa shape index (κ3) is 67.5. The first-order valence-corrected chi connectivity index (χ1v) is 37.1. The Bertz CT molecular complexity index is 1420. The molecule has 9 nitrogen and oxygen atoms in total. The lowest BCUT2D eigenvalue weighted by Gasteiger charge is -2.24. The molecule has 0 radical (unpaired) electrons. The molecule has 81 heavy (non-hydrogen) atoms. The molecule has 2 unspecified atom stereocenters. The predicted octanol–water partition coefficient (Wildman–Crippen LogP) is 22.9. The third-order valence-electron chi connectivity index (χ3n) is 16.2. The van der Waals surface area contributed by atoms with Crippen molar-refractivity contribution >= 4 is 19.8 Å². The number of phosphoric ester groups is 1. The van der Waals surface area contributed by atoms with Gasteiger partial charge < -0.3 is 18.9 Å². The van der Waals surface area contributed by atoms with E-state index in [0.29, 0.717) is 23.9 Å². The summed E-state index contributed by atoms with van der Waals surface area (Å²) in [7, 11) is 1.50. The van der Waals surface area contributed by atoms with Crippen LogP contribution in [0.15, 0.2) is 24.3 Å². The van der Waals surface area contributed by atoms with Crippen LogP contribution in [0, 0.1) is 0 Å². The van der Waals surface area contributed by atoms with E-state index in [4.69, 9.17) is 18.5 Å². The van der Waals surface area contributed by atoms with E-state index < -0.39 is 26.5 Å². The van der Waals surface area contributed by atoms with Gasteiger partial charge in [0.1, 0.15) is 19.8 Å². The maximum Gasteiger partial charge on any atom is 0.472 e. The van der Waals surface area contributed by atoms with Crippen molar-refractivity contribution in [1.29, 1.82) is 0 Å². The van der Waals surface area contributed by atoms with Crippen molar-refractivity contribution in [2.75, 3.05) is 47.5 Å². The molecule has 0 rings (SSSR count). The van der Waals surface area contributed by atoms with Crippen LogP contribution >= 0.6 is 7.82 Å². The van der Waals surface area contributed by atoms with Gasteiger partial charge in [-0.1, -0.05) is 334 Å².